The van der Waals surface area contributed by atoms with E-state index in [0.29, 0.717) is 11.3 Å². The van der Waals surface area contributed by atoms with E-state index in [4.69, 9.17) is 16.3 Å². The van der Waals surface area contributed by atoms with Gasteiger partial charge >= 0.3 is 0 Å². The molecule has 1 atom stereocenters. The molecular weight excluding hydrogens is 454 g/mol. The van der Waals surface area contributed by atoms with Crippen LogP contribution in [0.1, 0.15) is 33.4 Å². The van der Waals surface area contributed by atoms with E-state index >= 15 is 0 Å². The van der Waals surface area contributed by atoms with Gasteiger partial charge in [0.25, 0.3) is 5.91 Å². The predicted octanol–water partition coefficient (Wildman–Crippen LogP) is 5.89. The molecule has 0 saturated carbocycles. The van der Waals surface area contributed by atoms with E-state index < -0.39 is 6.04 Å². The third-order valence-electron chi connectivity index (χ3n) is 5.28. The quantitative estimate of drug-likeness (QED) is 0.321. The summed E-state index contributed by atoms with van der Waals surface area (Å²) < 4.78 is 7.44. The Morgan fingerprint density at radius 3 is 2.48 bits per heavy atom. The Morgan fingerprint density at radius 2 is 1.82 bits per heavy atom. The number of aryl methyl sites for hydroxylation is 1. The summed E-state index contributed by atoms with van der Waals surface area (Å²) in [6.45, 7) is 0. The molecule has 1 aromatic heterocycles. The minimum absolute atomic E-state index is 0.175. The van der Waals surface area contributed by atoms with E-state index in [9.17, 15) is 4.79 Å². The molecule has 1 unspecified atom stereocenters. The van der Waals surface area contributed by atoms with Gasteiger partial charge in [0.15, 0.2) is 0 Å². The third-order valence-corrected chi connectivity index (χ3v) is 6.61. The molecule has 0 aliphatic rings. The van der Waals surface area contributed by atoms with Crippen molar-refractivity contribution in [3.05, 3.63) is 113 Å². The van der Waals surface area contributed by atoms with Crippen LogP contribution in [0.2, 0.25) is 5.02 Å². The number of rotatable bonds is 8. The normalized spacial score (nSPS) is 11.7. The number of ether oxygens (including phenoxy) is 1. The molecule has 4 aromatic rings. The van der Waals surface area contributed by atoms with E-state index in [1.54, 1.807) is 25.1 Å². The van der Waals surface area contributed by atoms with Crippen molar-refractivity contribution in [3.63, 3.8) is 0 Å². The number of hydrogen-bond acceptors (Lipinski definition) is 4. The second kappa shape index (κ2) is 10.6. The molecule has 3 aromatic carbocycles. The van der Waals surface area contributed by atoms with Gasteiger partial charge in [0, 0.05) is 46.2 Å². The maximum atomic E-state index is 13.2. The number of para-hydroxylation sites is 1. The van der Waals surface area contributed by atoms with Crippen LogP contribution < -0.4 is 10.1 Å². The molecule has 0 fully saturated rings. The van der Waals surface area contributed by atoms with Crippen LogP contribution >= 0.6 is 23.4 Å². The van der Waals surface area contributed by atoms with E-state index in [2.05, 4.69) is 10.3 Å². The van der Waals surface area contributed by atoms with E-state index in [1.165, 1.54) is 0 Å². The molecule has 0 aliphatic heterocycles. The molecule has 0 bridgehead atoms. The molecule has 1 amide bonds. The van der Waals surface area contributed by atoms with E-state index in [0.717, 1.165) is 32.6 Å². The number of imidazole rings is 1. The van der Waals surface area contributed by atoms with Crippen molar-refractivity contribution >= 4 is 29.3 Å². The Hall–Kier alpha value is -3.22. The van der Waals surface area contributed by atoms with Gasteiger partial charge in [0.2, 0.25) is 0 Å². The number of carbonyl (C=O) groups excluding carboxylic acids is 1. The Labute approximate surface area is 202 Å². The molecule has 0 saturated heterocycles. The monoisotopic (exact) mass is 477 g/mol. The van der Waals surface area contributed by atoms with Crippen LogP contribution in [0, 0.1) is 0 Å². The molecule has 1 N–H and O–H groups in total. The van der Waals surface area contributed by atoms with E-state index in [-0.39, 0.29) is 5.91 Å². The summed E-state index contributed by atoms with van der Waals surface area (Å²) in [6, 6.07) is 22.6. The van der Waals surface area contributed by atoms with Gasteiger partial charge in [0.05, 0.1) is 7.11 Å². The van der Waals surface area contributed by atoms with Crippen LogP contribution in [0.4, 0.5) is 0 Å². The molecule has 7 heteroatoms. The molecule has 0 radical (unpaired) electrons. The van der Waals surface area contributed by atoms with Gasteiger partial charge in [-0.25, -0.2) is 4.98 Å². The molecule has 5 nitrogen and oxygen atoms in total. The lowest BCUT2D eigenvalue weighted by molar-refractivity contribution is 0.0941. The first-order valence-corrected chi connectivity index (χ1v) is 11.8. The van der Waals surface area contributed by atoms with Gasteiger partial charge in [-0.1, -0.05) is 41.9 Å². The van der Waals surface area contributed by atoms with Crippen LogP contribution in [0.15, 0.2) is 90.1 Å². The highest BCUT2D eigenvalue weighted by molar-refractivity contribution is 7.98. The van der Waals surface area contributed by atoms with Crippen molar-refractivity contribution in [2.75, 3.05) is 7.11 Å². The molecule has 0 aliphatic carbocycles. The van der Waals surface area contributed by atoms with Crippen LogP contribution in [0.5, 0.6) is 5.75 Å². The summed E-state index contributed by atoms with van der Waals surface area (Å²) >= 11 is 7.67. The number of benzene rings is 3. The third kappa shape index (κ3) is 5.59. The van der Waals surface area contributed by atoms with Gasteiger partial charge < -0.3 is 14.6 Å². The number of methoxy groups -OCH3 is 1. The molecule has 33 heavy (non-hydrogen) atoms. The average molecular weight is 478 g/mol. The fourth-order valence-electron chi connectivity index (χ4n) is 3.51. The van der Waals surface area contributed by atoms with Crippen LogP contribution in [-0.4, -0.2) is 22.6 Å². The highest BCUT2D eigenvalue weighted by atomic mass is 35.5. The number of carbonyl (C=O) groups is 1. The molecule has 168 valence electrons. The zero-order chi connectivity index (χ0) is 23.2. The summed E-state index contributed by atoms with van der Waals surface area (Å²) in [7, 11) is 3.53. The lowest BCUT2D eigenvalue weighted by Crippen LogP contribution is -2.31. The van der Waals surface area contributed by atoms with Gasteiger partial charge in [-0.3, -0.25) is 4.79 Å². The SMILES string of the molecule is COc1ccccc1C(NC(=O)c1ccc(CSc2ccc(Cl)cc2)cc1)c1nccn1C. The topological polar surface area (TPSA) is 56.1 Å². The summed E-state index contributed by atoms with van der Waals surface area (Å²) in [4.78, 5) is 18.8. The number of hydrogen-bond donors (Lipinski definition) is 1. The first-order chi connectivity index (χ1) is 16.0. The second-order valence-electron chi connectivity index (χ2n) is 7.48. The highest BCUT2D eigenvalue weighted by Crippen LogP contribution is 2.29. The van der Waals surface area contributed by atoms with Crippen LogP contribution in [0.3, 0.4) is 0 Å². The predicted molar refractivity (Wildman–Crippen MR) is 133 cm³/mol. The molecule has 0 spiro atoms. The summed E-state index contributed by atoms with van der Waals surface area (Å²) in [5.41, 5.74) is 2.57. The fourth-order valence-corrected chi connectivity index (χ4v) is 4.49. The highest BCUT2D eigenvalue weighted by Gasteiger charge is 2.24. The van der Waals surface area contributed by atoms with Crippen molar-refractivity contribution in [1.29, 1.82) is 0 Å². The number of thioether (sulfide) groups is 1. The van der Waals surface area contributed by atoms with Crippen molar-refractivity contribution in [2.24, 2.45) is 7.05 Å². The van der Waals surface area contributed by atoms with Gasteiger partial charge in [-0.15, -0.1) is 11.8 Å². The zero-order valence-electron chi connectivity index (χ0n) is 18.4. The van der Waals surface area contributed by atoms with Crippen molar-refractivity contribution < 1.29 is 9.53 Å². The van der Waals surface area contributed by atoms with Gasteiger partial charge in [-0.2, -0.15) is 0 Å². The average Bonchev–Trinajstić information content (AvgIpc) is 3.28. The van der Waals surface area contributed by atoms with Gasteiger partial charge in [0.1, 0.15) is 17.6 Å². The lowest BCUT2D eigenvalue weighted by Gasteiger charge is -2.21. The maximum absolute atomic E-state index is 13.2. The molecular formula is C26H24ClN3O2S. The number of amides is 1. The Morgan fingerprint density at radius 1 is 1.09 bits per heavy atom. The largest absolute Gasteiger partial charge is 0.496 e. The number of nitrogens with zero attached hydrogens (tertiary/aromatic N) is 2. The van der Waals surface area contributed by atoms with Gasteiger partial charge in [-0.05, 0) is 48.0 Å². The second-order valence-corrected chi connectivity index (χ2v) is 8.97. The van der Waals surface area contributed by atoms with Crippen LogP contribution in [0.25, 0.3) is 0 Å². The number of aromatic nitrogens is 2. The van der Waals surface area contributed by atoms with Crippen molar-refractivity contribution in [3.8, 4) is 5.75 Å². The maximum Gasteiger partial charge on any atom is 0.252 e. The molecule has 1 heterocycles. The summed E-state index contributed by atoms with van der Waals surface area (Å²) in [6.07, 6.45) is 3.58. The Balaban J connectivity index is 1.50. The minimum atomic E-state index is -0.450. The lowest BCUT2D eigenvalue weighted by atomic mass is 10.0. The summed E-state index contributed by atoms with van der Waals surface area (Å²) in [5.74, 6) is 2.05. The smallest absolute Gasteiger partial charge is 0.252 e. The number of nitrogens with one attached hydrogen (secondary N) is 1. The van der Waals surface area contributed by atoms with Crippen LogP contribution in [-0.2, 0) is 12.8 Å². The standard InChI is InChI=1S/C26H24ClN3O2S/c1-30-16-15-28-25(30)24(22-5-3-4-6-23(22)32-2)29-26(31)19-9-7-18(8-10-19)17-33-21-13-11-20(27)12-14-21/h3-16,24H,17H2,1-2H3,(H,29,31). The minimum Gasteiger partial charge on any atom is -0.496 e. The Kier molecular flexibility index (Phi) is 7.37. The first-order valence-electron chi connectivity index (χ1n) is 10.4. The Bertz CT molecular complexity index is 1220. The number of halogens is 1. The zero-order valence-corrected chi connectivity index (χ0v) is 19.9. The van der Waals surface area contributed by atoms with E-state index in [1.807, 2.05) is 90.6 Å². The molecule has 4 rings (SSSR count). The summed E-state index contributed by atoms with van der Waals surface area (Å²) in [5, 5.41) is 3.86. The van der Waals surface area contributed by atoms with Crippen molar-refractivity contribution in [2.45, 2.75) is 16.7 Å². The fraction of sp³-hybridized carbons (Fsp3) is 0.154. The van der Waals surface area contributed by atoms with Crippen molar-refractivity contribution in [1.82, 2.24) is 14.9 Å². The first kappa shape index (κ1) is 23.0.